The van der Waals surface area contributed by atoms with Crippen LogP contribution in [-0.4, -0.2) is 37.1 Å². The second kappa shape index (κ2) is 8.32. The molecule has 0 spiro atoms. The van der Waals surface area contributed by atoms with Crippen molar-refractivity contribution in [3.8, 4) is 22.8 Å². The van der Waals surface area contributed by atoms with Crippen LogP contribution in [0.15, 0.2) is 57.9 Å². The van der Waals surface area contributed by atoms with Gasteiger partial charge in [-0.1, -0.05) is 12.1 Å². The molecule has 1 N–H and O–H groups in total. The number of nitrogens with zero attached hydrogens (tertiary/aromatic N) is 3. The Hall–Kier alpha value is -3.39. The minimum atomic E-state index is -0.0986. The zero-order valence-corrected chi connectivity index (χ0v) is 16.9. The Morgan fingerprint density at radius 3 is 2.62 bits per heavy atom. The minimum absolute atomic E-state index is 0.0986. The van der Waals surface area contributed by atoms with Crippen LogP contribution in [0.3, 0.4) is 0 Å². The van der Waals surface area contributed by atoms with Crippen molar-refractivity contribution in [2.45, 2.75) is 6.92 Å². The zero-order valence-electron chi connectivity index (χ0n) is 16.1. The fourth-order valence-corrected chi connectivity index (χ4v) is 3.75. The predicted molar refractivity (Wildman–Crippen MR) is 114 cm³/mol. The summed E-state index contributed by atoms with van der Waals surface area (Å²) in [5, 5.41) is 9.41. The molecule has 8 heteroatoms. The summed E-state index contributed by atoms with van der Waals surface area (Å²) in [6, 6.07) is 13.3. The standard InChI is InChI=1S/C21H20N4O3S/c1-14(26)24-17-6-3-15(4-7-17)12-23-25-18(13-29-21(25)22-2)16-5-8-19-20(11-16)28-10-9-27-19/h3-8,11-13H,9-10H2,1-2H3,(H,24,26)/b22-21?,23-12-. The number of amides is 1. The molecule has 0 radical (unpaired) electrons. The third kappa shape index (κ3) is 4.22. The van der Waals surface area contributed by atoms with Crippen LogP contribution in [0.5, 0.6) is 11.5 Å². The van der Waals surface area contributed by atoms with Crippen molar-refractivity contribution >= 4 is 29.1 Å². The molecule has 148 valence electrons. The number of thiazole rings is 1. The fourth-order valence-electron chi connectivity index (χ4n) is 2.94. The molecule has 0 atom stereocenters. The smallest absolute Gasteiger partial charge is 0.221 e. The van der Waals surface area contributed by atoms with Crippen LogP contribution in [0.2, 0.25) is 0 Å². The summed E-state index contributed by atoms with van der Waals surface area (Å²) in [5.74, 6) is 1.39. The van der Waals surface area contributed by atoms with Crippen LogP contribution in [0.4, 0.5) is 5.69 Å². The highest BCUT2D eigenvalue weighted by Crippen LogP contribution is 2.34. The Labute approximate surface area is 171 Å². The lowest BCUT2D eigenvalue weighted by Crippen LogP contribution is -2.15. The molecule has 0 saturated heterocycles. The maximum Gasteiger partial charge on any atom is 0.221 e. The van der Waals surface area contributed by atoms with Crippen LogP contribution < -0.4 is 19.6 Å². The first-order chi connectivity index (χ1) is 14.1. The number of aromatic nitrogens is 1. The van der Waals surface area contributed by atoms with E-state index in [1.165, 1.54) is 18.3 Å². The number of fused-ring (bicyclic) bond motifs is 1. The van der Waals surface area contributed by atoms with Gasteiger partial charge in [0.1, 0.15) is 13.2 Å². The van der Waals surface area contributed by atoms with Crippen molar-refractivity contribution in [2.75, 3.05) is 25.6 Å². The zero-order chi connectivity index (χ0) is 20.2. The van der Waals surface area contributed by atoms with Crippen molar-refractivity contribution in [3.05, 3.63) is 58.2 Å². The first-order valence-corrected chi connectivity index (χ1v) is 9.97. The topological polar surface area (TPSA) is 77.2 Å². The number of nitrogens with one attached hydrogen (secondary N) is 1. The van der Waals surface area contributed by atoms with E-state index >= 15 is 0 Å². The second-order valence-electron chi connectivity index (χ2n) is 6.35. The number of hydrogen-bond donors (Lipinski definition) is 1. The lowest BCUT2D eigenvalue weighted by atomic mass is 10.1. The van der Waals surface area contributed by atoms with Gasteiger partial charge in [-0.15, -0.1) is 11.3 Å². The van der Waals surface area contributed by atoms with Crippen molar-refractivity contribution in [3.63, 3.8) is 0 Å². The molecule has 4 rings (SSSR count). The summed E-state index contributed by atoms with van der Waals surface area (Å²) < 4.78 is 13.1. The van der Waals surface area contributed by atoms with Gasteiger partial charge < -0.3 is 14.8 Å². The quantitative estimate of drug-likeness (QED) is 0.673. The fraction of sp³-hybridized carbons (Fsp3) is 0.190. The van der Waals surface area contributed by atoms with Gasteiger partial charge in [-0.25, -0.2) is 4.68 Å². The number of carbonyl (C=O) groups excluding carboxylic acids is 1. The third-order valence-corrected chi connectivity index (χ3v) is 5.18. The summed E-state index contributed by atoms with van der Waals surface area (Å²) in [6.45, 7) is 2.59. The monoisotopic (exact) mass is 408 g/mol. The van der Waals surface area contributed by atoms with Gasteiger partial charge in [0.2, 0.25) is 10.7 Å². The molecule has 29 heavy (non-hydrogen) atoms. The number of hydrogen-bond acceptors (Lipinski definition) is 6. The van der Waals surface area contributed by atoms with E-state index < -0.39 is 0 Å². The molecule has 1 aliphatic heterocycles. The minimum Gasteiger partial charge on any atom is -0.486 e. The van der Waals surface area contributed by atoms with Gasteiger partial charge in [-0.3, -0.25) is 9.79 Å². The molecule has 0 saturated carbocycles. The lowest BCUT2D eigenvalue weighted by Gasteiger charge is -2.18. The van der Waals surface area contributed by atoms with Crippen LogP contribution in [0, 0.1) is 0 Å². The summed E-state index contributed by atoms with van der Waals surface area (Å²) in [4.78, 5) is 16.3. The third-order valence-electron chi connectivity index (χ3n) is 4.27. The number of rotatable bonds is 4. The normalized spacial score (nSPS) is 13.7. The van der Waals surface area contributed by atoms with E-state index in [9.17, 15) is 4.79 Å². The maximum absolute atomic E-state index is 11.1. The molecular weight excluding hydrogens is 388 g/mol. The second-order valence-corrected chi connectivity index (χ2v) is 7.18. The molecule has 1 aliphatic rings. The average molecular weight is 408 g/mol. The van der Waals surface area contributed by atoms with Crippen molar-refractivity contribution < 1.29 is 14.3 Å². The maximum atomic E-state index is 11.1. The highest BCUT2D eigenvalue weighted by Gasteiger charge is 2.15. The van der Waals surface area contributed by atoms with Gasteiger partial charge >= 0.3 is 0 Å². The van der Waals surface area contributed by atoms with Gasteiger partial charge in [0.15, 0.2) is 11.5 Å². The van der Waals surface area contributed by atoms with E-state index in [1.807, 2.05) is 47.8 Å². The molecular formula is C21H20N4O3S. The van der Waals surface area contributed by atoms with Crippen molar-refractivity contribution in [1.29, 1.82) is 0 Å². The van der Waals surface area contributed by atoms with Gasteiger partial charge in [-0.2, -0.15) is 5.10 Å². The molecule has 2 aromatic carbocycles. The SMILES string of the molecule is CN=c1scc(-c2ccc3c(c2)OCCO3)n1/N=C\c1ccc(NC(C)=O)cc1. The molecule has 0 fully saturated rings. The molecule has 1 amide bonds. The largest absolute Gasteiger partial charge is 0.486 e. The Morgan fingerprint density at radius 1 is 1.14 bits per heavy atom. The molecule has 0 aliphatic carbocycles. The van der Waals surface area contributed by atoms with Crippen LogP contribution in [-0.2, 0) is 4.79 Å². The van der Waals surface area contributed by atoms with E-state index in [0.717, 1.165) is 38.8 Å². The molecule has 0 unspecified atom stereocenters. The van der Waals surface area contributed by atoms with Crippen LogP contribution >= 0.6 is 11.3 Å². The molecule has 1 aromatic heterocycles. The molecule has 2 heterocycles. The van der Waals surface area contributed by atoms with Gasteiger partial charge in [0.25, 0.3) is 0 Å². The van der Waals surface area contributed by atoms with Gasteiger partial charge in [-0.05, 0) is 35.9 Å². The van der Waals surface area contributed by atoms with Crippen LogP contribution in [0.25, 0.3) is 11.3 Å². The first kappa shape index (κ1) is 18.9. The predicted octanol–water partition coefficient (Wildman–Crippen LogP) is 3.36. The van der Waals surface area contributed by atoms with Crippen LogP contribution in [0.1, 0.15) is 12.5 Å². The first-order valence-electron chi connectivity index (χ1n) is 9.09. The van der Waals surface area contributed by atoms with E-state index in [2.05, 4.69) is 15.4 Å². The molecule has 3 aromatic rings. The summed E-state index contributed by atoms with van der Waals surface area (Å²) in [6.07, 6.45) is 1.76. The van der Waals surface area contributed by atoms with E-state index in [0.29, 0.717) is 13.2 Å². The Morgan fingerprint density at radius 2 is 1.90 bits per heavy atom. The van der Waals surface area contributed by atoms with E-state index in [4.69, 9.17) is 9.47 Å². The number of ether oxygens (including phenoxy) is 2. The van der Waals surface area contributed by atoms with Gasteiger partial charge in [0, 0.05) is 30.6 Å². The summed E-state index contributed by atoms with van der Waals surface area (Å²) >= 11 is 1.52. The summed E-state index contributed by atoms with van der Waals surface area (Å²) in [7, 11) is 1.74. The Balaban J connectivity index is 1.65. The average Bonchev–Trinajstić information content (AvgIpc) is 3.15. The van der Waals surface area contributed by atoms with Crippen molar-refractivity contribution in [1.82, 2.24) is 4.68 Å². The highest BCUT2D eigenvalue weighted by molar-refractivity contribution is 7.07. The Kier molecular flexibility index (Phi) is 5.44. The number of benzene rings is 2. The van der Waals surface area contributed by atoms with Gasteiger partial charge in [0.05, 0.1) is 11.9 Å². The van der Waals surface area contributed by atoms with E-state index in [1.54, 1.807) is 17.9 Å². The highest BCUT2D eigenvalue weighted by atomic mass is 32.1. The molecule has 7 nitrogen and oxygen atoms in total. The number of carbonyl (C=O) groups is 1. The van der Waals surface area contributed by atoms with E-state index in [-0.39, 0.29) is 5.91 Å². The molecule has 0 bridgehead atoms. The summed E-state index contributed by atoms with van der Waals surface area (Å²) in [5.41, 5.74) is 3.55. The Bertz CT molecular complexity index is 1130. The number of anilines is 1. The lowest BCUT2D eigenvalue weighted by molar-refractivity contribution is -0.114. The van der Waals surface area contributed by atoms with Crippen molar-refractivity contribution in [2.24, 2.45) is 10.1 Å².